The molecule has 18 heavy (non-hydrogen) atoms. The van der Waals surface area contributed by atoms with Gasteiger partial charge >= 0.3 is 0 Å². The molecule has 0 saturated heterocycles. The van der Waals surface area contributed by atoms with Gasteiger partial charge in [0.2, 0.25) is 0 Å². The number of thiazole rings is 1. The van der Waals surface area contributed by atoms with Crippen LogP contribution in [0.25, 0.3) is 12.2 Å². The molecule has 1 aliphatic carbocycles. The molecule has 4 nitrogen and oxygen atoms in total. The van der Waals surface area contributed by atoms with E-state index in [2.05, 4.69) is 31.2 Å². The number of aromatic nitrogens is 4. The zero-order valence-corrected chi connectivity index (χ0v) is 12.4. The van der Waals surface area contributed by atoms with Gasteiger partial charge < -0.3 is 0 Å². The molecule has 0 spiro atoms. The lowest BCUT2D eigenvalue weighted by Crippen LogP contribution is -2.17. The Morgan fingerprint density at radius 2 is 2.28 bits per heavy atom. The molecular formula is C12H13BrN4S. The number of aryl methyl sites for hydroxylation is 1. The molecule has 0 amide bonds. The molecule has 0 atom stereocenters. The van der Waals surface area contributed by atoms with Crippen LogP contribution < -0.4 is 0 Å². The average molecular weight is 325 g/mol. The van der Waals surface area contributed by atoms with Crippen molar-refractivity contribution in [3.63, 3.8) is 0 Å². The SMILES string of the molecule is Cc1nc(/C=C/c2cn(C3CCC3)nn2)sc1Br. The maximum atomic E-state index is 4.42. The number of nitrogens with zero attached hydrogens (tertiary/aromatic N) is 4. The third-order valence-electron chi connectivity index (χ3n) is 3.13. The molecule has 2 heterocycles. The molecule has 2 aromatic heterocycles. The highest BCUT2D eigenvalue weighted by molar-refractivity contribution is 9.11. The lowest BCUT2D eigenvalue weighted by molar-refractivity contribution is 0.284. The first-order valence-electron chi connectivity index (χ1n) is 5.95. The summed E-state index contributed by atoms with van der Waals surface area (Å²) in [5.74, 6) is 0. The van der Waals surface area contributed by atoms with Crippen LogP contribution in [0.2, 0.25) is 0 Å². The largest absolute Gasteiger partial charge is 0.249 e. The summed E-state index contributed by atoms with van der Waals surface area (Å²) in [7, 11) is 0. The summed E-state index contributed by atoms with van der Waals surface area (Å²) < 4.78 is 3.06. The molecule has 2 aromatic rings. The Morgan fingerprint density at radius 3 is 2.89 bits per heavy atom. The van der Waals surface area contributed by atoms with Gasteiger partial charge in [0.25, 0.3) is 0 Å². The Bertz CT molecular complexity index is 563. The molecule has 94 valence electrons. The van der Waals surface area contributed by atoms with Gasteiger partial charge in [-0.3, -0.25) is 0 Å². The van der Waals surface area contributed by atoms with E-state index in [4.69, 9.17) is 0 Å². The lowest BCUT2D eigenvalue weighted by Gasteiger charge is -2.24. The van der Waals surface area contributed by atoms with Crippen molar-refractivity contribution in [2.45, 2.75) is 32.2 Å². The van der Waals surface area contributed by atoms with Crippen LogP contribution in [0.4, 0.5) is 0 Å². The molecule has 0 aromatic carbocycles. The summed E-state index contributed by atoms with van der Waals surface area (Å²) in [4.78, 5) is 4.42. The summed E-state index contributed by atoms with van der Waals surface area (Å²) in [6, 6.07) is 0.566. The number of halogens is 1. The molecule has 0 bridgehead atoms. The summed E-state index contributed by atoms with van der Waals surface area (Å²) in [6.45, 7) is 1.99. The van der Waals surface area contributed by atoms with Crippen molar-refractivity contribution in [3.05, 3.63) is 26.4 Å². The fourth-order valence-electron chi connectivity index (χ4n) is 1.82. The first-order chi connectivity index (χ1) is 8.72. The van der Waals surface area contributed by atoms with Gasteiger partial charge in [-0.15, -0.1) is 16.4 Å². The summed E-state index contributed by atoms with van der Waals surface area (Å²) in [5.41, 5.74) is 1.92. The molecule has 1 fully saturated rings. The van der Waals surface area contributed by atoms with Crippen molar-refractivity contribution >= 4 is 39.4 Å². The quantitative estimate of drug-likeness (QED) is 0.864. The minimum absolute atomic E-state index is 0.566. The number of hydrogen-bond acceptors (Lipinski definition) is 4. The van der Waals surface area contributed by atoms with E-state index in [-0.39, 0.29) is 0 Å². The number of rotatable bonds is 3. The molecule has 0 unspecified atom stereocenters. The van der Waals surface area contributed by atoms with Gasteiger partial charge in [0.15, 0.2) is 0 Å². The van der Waals surface area contributed by atoms with Gasteiger partial charge in [-0.05, 0) is 54.3 Å². The number of hydrogen-bond donors (Lipinski definition) is 0. The van der Waals surface area contributed by atoms with E-state index in [9.17, 15) is 0 Å². The third-order valence-corrected chi connectivity index (χ3v) is 5.10. The first kappa shape index (κ1) is 12.0. The smallest absolute Gasteiger partial charge is 0.117 e. The molecular weight excluding hydrogens is 312 g/mol. The highest BCUT2D eigenvalue weighted by Gasteiger charge is 2.20. The van der Waals surface area contributed by atoms with Gasteiger partial charge in [0, 0.05) is 0 Å². The van der Waals surface area contributed by atoms with Crippen molar-refractivity contribution in [1.82, 2.24) is 20.0 Å². The molecule has 6 heteroatoms. The standard InChI is InChI=1S/C12H13BrN4S/c1-8-12(13)18-11(14-8)6-5-9-7-17(16-15-9)10-3-2-4-10/h5-7,10H,2-4H2,1H3/b6-5+. The second-order valence-electron chi connectivity index (χ2n) is 4.45. The molecule has 0 N–H and O–H groups in total. The summed E-state index contributed by atoms with van der Waals surface area (Å²) >= 11 is 5.10. The third kappa shape index (κ3) is 2.40. The fourth-order valence-corrected chi connectivity index (χ4v) is 3.10. The van der Waals surface area contributed by atoms with E-state index in [0.717, 1.165) is 20.2 Å². The van der Waals surface area contributed by atoms with Crippen LogP contribution in [0, 0.1) is 6.92 Å². The van der Waals surface area contributed by atoms with Crippen molar-refractivity contribution in [3.8, 4) is 0 Å². The second kappa shape index (κ2) is 4.93. The molecule has 0 radical (unpaired) electrons. The normalized spacial score (nSPS) is 16.3. The highest BCUT2D eigenvalue weighted by Crippen LogP contribution is 2.30. The summed E-state index contributed by atoms with van der Waals surface area (Å²) in [5, 5.41) is 9.30. The Kier molecular flexibility index (Phi) is 3.30. The van der Waals surface area contributed by atoms with Crippen LogP contribution in [-0.4, -0.2) is 20.0 Å². The zero-order valence-electron chi connectivity index (χ0n) is 10.0. The van der Waals surface area contributed by atoms with Crippen LogP contribution in [0.1, 0.15) is 41.7 Å². The van der Waals surface area contributed by atoms with E-state index >= 15 is 0 Å². The topological polar surface area (TPSA) is 43.6 Å². The summed E-state index contributed by atoms with van der Waals surface area (Å²) in [6.07, 6.45) is 9.72. The van der Waals surface area contributed by atoms with Crippen molar-refractivity contribution < 1.29 is 0 Å². The van der Waals surface area contributed by atoms with Gasteiger partial charge in [-0.2, -0.15) is 0 Å². The van der Waals surface area contributed by atoms with Gasteiger partial charge in [0.1, 0.15) is 10.7 Å². The monoisotopic (exact) mass is 324 g/mol. The Labute approximate surface area is 118 Å². The van der Waals surface area contributed by atoms with Gasteiger partial charge in [-0.25, -0.2) is 9.67 Å². The first-order valence-corrected chi connectivity index (χ1v) is 7.56. The zero-order chi connectivity index (χ0) is 12.5. The Morgan fingerprint density at radius 1 is 1.44 bits per heavy atom. The molecule has 1 saturated carbocycles. The van der Waals surface area contributed by atoms with Crippen LogP contribution in [-0.2, 0) is 0 Å². The van der Waals surface area contributed by atoms with Gasteiger partial charge in [0.05, 0.1) is 21.7 Å². The van der Waals surface area contributed by atoms with Crippen molar-refractivity contribution in [2.24, 2.45) is 0 Å². The van der Waals surface area contributed by atoms with Crippen molar-refractivity contribution in [2.75, 3.05) is 0 Å². The predicted octanol–water partition coefficient (Wildman–Crippen LogP) is 3.70. The van der Waals surface area contributed by atoms with Crippen LogP contribution in [0.5, 0.6) is 0 Å². The fraction of sp³-hybridized carbons (Fsp3) is 0.417. The van der Waals surface area contributed by atoms with E-state index in [1.165, 1.54) is 19.3 Å². The predicted molar refractivity (Wildman–Crippen MR) is 76.4 cm³/mol. The van der Waals surface area contributed by atoms with Crippen LogP contribution >= 0.6 is 27.3 Å². The van der Waals surface area contributed by atoms with E-state index < -0.39 is 0 Å². The van der Waals surface area contributed by atoms with Gasteiger partial charge in [-0.1, -0.05) is 5.21 Å². The van der Waals surface area contributed by atoms with E-state index in [0.29, 0.717) is 6.04 Å². The minimum Gasteiger partial charge on any atom is -0.249 e. The molecule has 1 aliphatic rings. The Balaban J connectivity index is 1.73. The Hall–Kier alpha value is -1.01. The minimum atomic E-state index is 0.566. The lowest BCUT2D eigenvalue weighted by atomic mass is 9.93. The molecule has 3 rings (SSSR count). The second-order valence-corrected chi connectivity index (χ2v) is 6.80. The van der Waals surface area contributed by atoms with Crippen LogP contribution in [0.15, 0.2) is 9.98 Å². The van der Waals surface area contributed by atoms with E-state index in [1.807, 2.05) is 30.0 Å². The average Bonchev–Trinajstić information content (AvgIpc) is 2.82. The van der Waals surface area contributed by atoms with E-state index in [1.54, 1.807) is 11.3 Å². The maximum Gasteiger partial charge on any atom is 0.117 e. The molecule has 0 aliphatic heterocycles. The van der Waals surface area contributed by atoms with Crippen molar-refractivity contribution in [1.29, 1.82) is 0 Å². The maximum absolute atomic E-state index is 4.42. The van der Waals surface area contributed by atoms with Crippen LogP contribution in [0.3, 0.4) is 0 Å². The highest BCUT2D eigenvalue weighted by atomic mass is 79.9.